The second-order valence-electron chi connectivity index (χ2n) is 7.03. The van der Waals surface area contributed by atoms with E-state index in [1.807, 2.05) is 37.3 Å². The minimum absolute atomic E-state index is 0.0610. The number of ketones is 1. The number of carbonyl (C=O) groups is 2. The number of likely N-dealkylation sites (tertiary alicyclic amines) is 1. The van der Waals surface area contributed by atoms with E-state index in [-0.39, 0.29) is 17.7 Å². The summed E-state index contributed by atoms with van der Waals surface area (Å²) < 4.78 is 5.76. The maximum atomic E-state index is 12.9. The molecule has 25 heavy (non-hydrogen) atoms. The lowest BCUT2D eigenvalue weighted by Gasteiger charge is -2.23. The van der Waals surface area contributed by atoms with Crippen LogP contribution < -0.4 is 0 Å². The molecule has 5 heteroatoms. The monoisotopic (exact) mass is 338 g/mol. The molecular weight excluding hydrogens is 316 g/mol. The first-order valence-corrected chi connectivity index (χ1v) is 9.00. The van der Waals surface area contributed by atoms with E-state index in [1.54, 1.807) is 4.90 Å². The highest BCUT2D eigenvalue weighted by molar-refractivity contribution is 5.97. The van der Waals surface area contributed by atoms with Crippen molar-refractivity contribution in [2.45, 2.75) is 51.0 Å². The molecule has 2 fully saturated rings. The Hall–Kier alpha value is -2.43. The van der Waals surface area contributed by atoms with Crippen molar-refractivity contribution in [1.82, 2.24) is 9.88 Å². The molecule has 0 unspecified atom stereocenters. The van der Waals surface area contributed by atoms with Gasteiger partial charge in [0.25, 0.3) is 5.91 Å². The fourth-order valence-corrected chi connectivity index (χ4v) is 3.52. The first-order chi connectivity index (χ1) is 12.1. The van der Waals surface area contributed by atoms with E-state index >= 15 is 0 Å². The SMILES string of the molecule is Cc1nc(C2CC2)oc1C(=O)N1CCC[C@@H]1CC(=O)c1ccccc1. The Kier molecular flexibility index (Phi) is 4.15. The molecule has 2 aliphatic rings. The van der Waals surface area contributed by atoms with Gasteiger partial charge in [0, 0.05) is 30.5 Å². The van der Waals surface area contributed by atoms with Crippen LogP contribution >= 0.6 is 0 Å². The minimum Gasteiger partial charge on any atom is -0.435 e. The van der Waals surface area contributed by atoms with E-state index in [9.17, 15) is 9.59 Å². The summed E-state index contributed by atoms with van der Waals surface area (Å²) >= 11 is 0. The Morgan fingerprint density at radius 1 is 1.20 bits per heavy atom. The van der Waals surface area contributed by atoms with Gasteiger partial charge in [-0.1, -0.05) is 30.3 Å². The molecule has 2 heterocycles. The summed E-state index contributed by atoms with van der Waals surface area (Å²) in [7, 11) is 0. The summed E-state index contributed by atoms with van der Waals surface area (Å²) in [6.07, 6.45) is 4.31. The molecule has 5 nitrogen and oxygen atoms in total. The van der Waals surface area contributed by atoms with Crippen LogP contribution in [0.1, 0.15) is 70.5 Å². The largest absolute Gasteiger partial charge is 0.435 e. The van der Waals surface area contributed by atoms with E-state index in [4.69, 9.17) is 4.42 Å². The number of hydrogen-bond donors (Lipinski definition) is 0. The fraction of sp³-hybridized carbons (Fsp3) is 0.450. The first kappa shape index (κ1) is 16.1. The summed E-state index contributed by atoms with van der Waals surface area (Å²) in [6, 6.07) is 9.21. The average molecular weight is 338 g/mol. The second kappa shape index (κ2) is 6.47. The van der Waals surface area contributed by atoms with Gasteiger partial charge in [-0.15, -0.1) is 0 Å². The minimum atomic E-state index is -0.125. The fourth-order valence-electron chi connectivity index (χ4n) is 3.52. The van der Waals surface area contributed by atoms with Gasteiger partial charge >= 0.3 is 0 Å². The molecule has 1 aliphatic heterocycles. The zero-order chi connectivity index (χ0) is 17.4. The normalized spacial score (nSPS) is 20.0. The smallest absolute Gasteiger partial charge is 0.291 e. The maximum Gasteiger partial charge on any atom is 0.291 e. The van der Waals surface area contributed by atoms with Crippen LogP contribution in [-0.4, -0.2) is 34.2 Å². The summed E-state index contributed by atoms with van der Waals surface area (Å²) in [6.45, 7) is 2.49. The first-order valence-electron chi connectivity index (χ1n) is 9.00. The Balaban J connectivity index is 1.49. The lowest BCUT2D eigenvalue weighted by atomic mass is 10.0. The van der Waals surface area contributed by atoms with Crippen molar-refractivity contribution in [2.75, 3.05) is 6.54 Å². The van der Waals surface area contributed by atoms with E-state index in [0.717, 1.165) is 25.7 Å². The molecule has 1 saturated carbocycles. The number of aromatic nitrogens is 1. The molecule has 1 saturated heterocycles. The van der Waals surface area contributed by atoms with Crippen LogP contribution in [0, 0.1) is 6.92 Å². The highest BCUT2D eigenvalue weighted by Gasteiger charge is 2.36. The number of carbonyl (C=O) groups excluding carboxylic acids is 2. The molecule has 1 aromatic carbocycles. The summed E-state index contributed by atoms with van der Waals surface area (Å²) in [4.78, 5) is 31.6. The lowest BCUT2D eigenvalue weighted by molar-refractivity contribution is 0.0684. The molecule has 1 aliphatic carbocycles. The van der Waals surface area contributed by atoms with Gasteiger partial charge in [-0.25, -0.2) is 4.98 Å². The second-order valence-corrected chi connectivity index (χ2v) is 7.03. The summed E-state index contributed by atoms with van der Waals surface area (Å²) in [5.41, 5.74) is 1.36. The predicted octanol–water partition coefficient (Wildman–Crippen LogP) is 3.74. The van der Waals surface area contributed by atoms with Crippen molar-refractivity contribution in [2.24, 2.45) is 0 Å². The molecule has 0 N–H and O–H groups in total. The van der Waals surface area contributed by atoms with Crippen LogP contribution in [0.3, 0.4) is 0 Å². The van der Waals surface area contributed by atoms with E-state index < -0.39 is 0 Å². The van der Waals surface area contributed by atoms with Crippen molar-refractivity contribution in [3.63, 3.8) is 0 Å². The molecule has 0 radical (unpaired) electrons. The van der Waals surface area contributed by atoms with Crippen molar-refractivity contribution >= 4 is 11.7 Å². The number of aryl methyl sites for hydroxylation is 1. The van der Waals surface area contributed by atoms with Gasteiger partial charge in [0.1, 0.15) is 0 Å². The van der Waals surface area contributed by atoms with E-state index in [0.29, 0.717) is 41.8 Å². The van der Waals surface area contributed by atoms with Crippen LogP contribution in [0.2, 0.25) is 0 Å². The third-order valence-corrected chi connectivity index (χ3v) is 5.09. The predicted molar refractivity (Wildman–Crippen MR) is 92.7 cm³/mol. The number of amides is 1. The van der Waals surface area contributed by atoms with Crippen LogP contribution in [-0.2, 0) is 0 Å². The Labute approximate surface area is 147 Å². The van der Waals surface area contributed by atoms with Gasteiger partial charge in [-0.05, 0) is 32.6 Å². The van der Waals surface area contributed by atoms with Crippen molar-refractivity contribution in [1.29, 1.82) is 0 Å². The standard InChI is InChI=1S/C20H22N2O3/c1-13-18(25-19(21-13)15-9-10-15)20(24)22-11-5-8-16(22)12-17(23)14-6-3-2-4-7-14/h2-4,6-7,15-16H,5,8-12H2,1H3/t16-/m1/s1. The molecular formula is C20H22N2O3. The van der Waals surface area contributed by atoms with Crippen LogP contribution in [0.15, 0.2) is 34.7 Å². The van der Waals surface area contributed by atoms with E-state index in [1.165, 1.54) is 0 Å². The third kappa shape index (κ3) is 3.23. The Bertz CT molecular complexity index is 793. The Morgan fingerprint density at radius 2 is 1.96 bits per heavy atom. The molecule has 0 spiro atoms. The highest BCUT2D eigenvalue weighted by atomic mass is 16.4. The van der Waals surface area contributed by atoms with Gasteiger partial charge in [0.05, 0.1) is 5.69 Å². The molecule has 1 atom stereocenters. The number of Topliss-reactive ketones (excluding diaryl/α,β-unsaturated/α-hetero) is 1. The number of rotatable bonds is 5. The van der Waals surface area contributed by atoms with Crippen molar-refractivity contribution < 1.29 is 14.0 Å². The molecule has 1 aromatic heterocycles. The summed E-state index contributed by atoms with van der Waals surface area (Å²) in [5.74, 6) is 1.38. The zero-order valence-electron chi connectivity index (χ0n) is 14.4. The number of benzene rings is 1. The van der Waals surface area contributed by atoms with Gasteiger partial charge in [-0.2, -0.15) is 0 Å². The quantitative estimate of drug-likeness (QED) is 0.779. The number of nitrogens with zero attached hydrogens (tertiary/aromatic N) is 2. The van der Waals surface area contributed by atoms with Crippen LogP contribution in [0.4, 0.5) is 0 Å². The third-order valence-electron chi connectivity index (χ3n) is 5.09. The van der Waals surface area contributed by atoms with Crippen molar-refractivity contribution in [3.8, 4) is 0 Å². The lowest BCUT2D eigenvalue weighted by Crippen LogP contribution is -2.37. The molecule has 4 rings (SSSR count). The molecule has 1 amide bonds. The Morgan fingerprint density at radius 3 is 2.68 bits per heavy atom. The molecule has 0 bridgehead atoms. The zero-order valence-corrected chi connectivity index (χ0v) is 14.4. The van der Waals surface area contributed by atoms with Crippen molar-refractivity contribution in [3.05, 3.63) is 53.2 Å². The van der Waals surface area contributed by atoms with Crippen LogP contribution in [0.5, 0.6) is 0 Å². The summed E-state index contributed by atoms with van der Waals surface area (Å²) in [5, 5.41) is 0. The molecule has 130 valence electrons. The number of oxazole rings is 1. The van der Waals surface area contributed by atoms with Gasteiger partial charge < -0.3 is 9.32 Å². The highest BCUT2D eigenvalue weighted by Crippen LogP contribution is 2.40. The topological polar surface area (TPSA) is 63.4 Å². The maximum absolute atomic E-state index is 12.9. The van der Waals surface area contributed by atoms with E-state index in [2.05, 4.69) is 4.98 Å². The number of hydrogen-bond acceptors (Lipinski definition) is 4. The van der Waals surface area contributed by atoms with Gasteiger partial charge in [0.15, 0.2) is 11.7 Å². The van der Waals surface area contributed by atoms with Gasteiger partial charge in [0.2, 0.25) is 5.76 Å². The van der Waals surface area contributed by atoms with Gasteiger partial charge in [-0.3, -0.25) is 9.59 Å². The molecule has 2 aromatic rings. The average Bonchev–Trinajstić information content (AvgIpc) is 3.26. The van der Waals surface area contributed by atoms with Crippen LogP contribution in [0.25, 0.3) is 0 Å².